The Morgan fingerprint density at radius 2 is 0.821 bits per heavy atom. The van der Waals surface area contributed by atoms with Crippen molar-refractivity contribution in [3.8, 4) is 55.6 Å². The van der Waals surface area contributed by atoms with Gasteiger partial charge in [-0.3, -0.25) is 0 Å². The Labute approximate surface area is 329 Å². The molecule has 0 heterocycles. The average Bonchev–Trinajstić information content (AvgIpc) is 3.49. The van der Waals surface area contributed by atoms with Crippen molar-refractivity contribution in [1.29, 1.82) is 0 Å². The van der Waals surface area contributed by atoms with E-state index in [1.807, 2.05) is 0 Å². The van der Waals surface area contributed by atoms with Crippen molar-refractivity contribution in [2.45, 2.75) is 19.3 Å². The molecule has 1 aliphatic rings. The summed E-state index contributed by atoms with van der Waals surface area (Å²) in [4.78, 5) is 2.43. The van der Waals surface area contributed by atoms with E-state index in [0.717, 1.165) is 17.1 Å². The lowest BCUT2D eigenvalue weighted by Gasteiger charge is -2.30. The third kappa shape index (κ3) is 5.90. The fourth-order valence-corrected chi connectivity index (χ4v) is 8.69. The van der Waals surface area contributed by atoms with E-state index in [4.69, 9.17) is 0 Å². The number of benzene rings is 9. The Hall–Kier alpha value is -6.96. The summed E-state index contributed by atoms with van der Waals surface area (Å²) in [6.45, 7) is 4.71. The zero-order valence-electron chi connectivity index (χ0n) is 31.7. The first-order valence-corrected chi connectivity index (χ1v) is 19.5. The van der Waals surface area contributed by atoms with Crippen LogP contribution in [0.1, 0.15) is 25.0 Å². The predicted molar refractivity (Wildman–Crippen MR) is 238 cm³/mol. The fourth-order valence-electron chi connectivity index (χ4n) is 8.69. The summed E-state index contributed by atoms with van der Waals surface area (Å²) in [5.41, 5.74) is 18.4. The van der Waals surface area contributed by atoms with E-state index in [2.05, 4.69) is 231 Å². The molecule has 1 aliphatic carbocycles. The van der Waals surface area contributed by atoms with E-state index in [0.29, 0.717) is 0 Å². The van der Waals surface area contributed by atoms with Gasteiger partial charge in [0.05, 0.1) is 5.69 Å². The molecule has 56 heavy (non-hydrogen) atoms. The summed E-state index contributed by atoms with van der Waals surface area (Å²) in [6.07, 6.45) is 0. The second-order valence-corrected chi connectivity index (χ2v) is 15.4. The van der Waals surface area contributed by atoms with E-state index in [-0.39, 0.29) is 5.41 Å². The van der Waals surface area contributed by atoms with Crippen molar-refractivity contribution >= 4 is 27.8 Å². The van der Waals surface area contributed by atoms with Crippen LogP contribution in [-0.4, -0.2) is 0 Å². The van der Waals surface area contributed by atoms with Gasteiger partial charge >= 0.3 is 0 Å². The highest BCUT2D eigenvalue weighted by atomic mass is 15.1. The smallest absolute Gasteiger partial charge is 0.0540 e. The molecular formula is C55H41N. The molecule has 0 aliphatic heterocycles. The van der Waals surface area contributed by atoms with Crippen LogP contribution in [0.3, 0.4) is 0 Å². The standard InChI is InChI=1S/C55H41N/c1-55(2)52-21-10-8-20-50(52)51-34-33-48(37-53(51)55)56(54-22-11-9-19-49(54)42-14-4-3-5-15-42)47-31-29-40(30-32-47)39-23-25-41(26-24-39)44-17-12-18-45(35-44)46-28-27-38-13-6-7-16-43(38)36-46/h3-37H,1-2H3. The molecule has 0 spiro atoms. The molecule has 0 amide bonds. The molecule has 0 radical (unpaired) electrons. The van der Waals surface area contributed by atoms with E-state index in [1.165, 1.54) is 77.5 Å². The van der Waals surface area contributed by atoms with Crippen LogP contribution in [0.5, 0.6) is 0 Å². The molecule has 9 aromatic rings. The van der Waals surface area contributed by atoms with Crippen LogP contribution in [0.2, 0.25) is 0 Å². The van der Waals surface area contributed by atoms with Crippen molar-refractivity contribution in [3.05, 3.63) is 223 Å². The van der Waals surface area contributed by atoms with Gasteiger partial charge in [-0.15, -0.1) is 0 Å². The van der Waals surface area contributed by atoms with Gasteiger partial charge in [0.2, 0.25) is 0 Å². The van der Waals surface area contributed by atoms with Crippen LogP contribution < -0.4 is 4.90 Å². The molecule has 10 rings (SSSR count). The Morgan fingerprint density at radius 1 is 0.304 bits per heavy atom. The second kappa shape index (κ2) is 13.7. The molecule has 0 aromatic heterocycles. The summed E-state index contributed by atoms with van der Waals surface area (Å²) in [7, 11) is 0. The van der Waals surface area contributed by atoms with Gasteiger partial charge in [-0.1, -0.05) is 184 Å². The molecule has 0 unspecified atom stereocenters. The summed E-state index contributed by atoms with van der Waals surface area (Å²) < 4.78 is 0. The van der Waals surface area contributed by atoms with Crippen LogP contribution in [0.25, 0.3) is 66.4 Å². The number of anilines is 3. The normalized spacial score (nSPS) is 12.6. The van der Waals surface area contributed by atoms with Crippen molar-refractivity contribution in [2.75, 3.05) is 4.90 Å². The minimum atomic E-state index is -0.0969. The van der Waals surface area contributed by atoms with E-state index in [9.17, 15) is 0 Å². The molecule has 0 fully saturated rings. The Morgan fingerprint density at radius 3 is 1.59 bits per heavy atom. The molecule has 0 saturated heterocycles. The SMILES string of the molecule is CC1(C)c2ccccc2-c2ccc(N(c3ccc(-c4ccc(-c5cccc(-c6ccc7ccccc7c6)c5)cc4)cc3)c3ccccc3-c3ccccc3)cc21. The first kappa shape index (κ1) is 33.6. The largest absolute Gasteiger partial charge is 0.310 e. The van der Waals surface area contributed by atoms with Gasteiger partial charge in [0.1, 0.15) is 0 Å². The molecule has 0 saturated carbocycles. The van der Waals surface area contributed by atoms with Crippen LogP contribution in [-0.2, 0) is 5.41 Å². The van der Waals surface area contributed by atoms with Crippen molar-refractivity contribution < 1.29 is 0 Å². The third-order valence-corrected chi connectivity index (χ3v) is 11.7. The zero-order chi connectivity index (χ0) is 37.6. The maximum atomic E-state index is 2.43. The lowest BCUT2D eigenvalue weighted by Crippen LogP contribution is -2.16. The summed E-state index contributed by atoms with van der Waals surface area (Å²) >= 11 is 0. The fraction of sp³-hybridized carbons (Fsp3) is 0.0545. The van der Waals surface area contributed by atoms with E-state index < -0.39 is 0 Å². The van der Waals surface area contributed by atoms with Gasteiger partial charge in [0, 0.05) is 22.4 Å². The Balaban J connectivity index is 0.998. The number of para-hydroxylation sites is 1. The number of rotatable bonds is 7. The molecule has 0 N–H and O–H groups in total. The third-order valence-electron chi connectivity index (χ3n) is 11.7. The molecular weight excluding hydrogens is 675 g/mol. The van der Waals surface area contributed by atoms with Gasteiger partial charge in [-0.2, -0.15) is 0 Å². The highest BCUT2D eigenvalue weighted by Crippen LogP contribution is 2.51. The van der Waals surface area contributed by atoms with Crippen LogP contribution in [0, 0.1) is 0 Å². The van der Waals surface area contributed by atoms with Gasteiger partial charge in [0.25, 0.3) is 0 Å². The maximum absolute atomic E-state index is 2.43. The van der Waals surface area contributed by atoms with Gasteiger partial charge in [-0.25, -0.2) is 0 Å². The lowest BCUT2D eigenvalue weighted by atomic mass is 9.82. The second-order valence-electron chi connectivity index (χ2n) is 15.4. The minimum Gasteiger partial charge on any atom is -0.310 e. The van der Waals surface area contributed by atoms with Gasteiger partial charge in [-0.05, 0) is 114 Å². The Bertz CT molecular complexity index is 2860. The highest BCUT2D eigenvalue weighted by Gasteiger charge is 2.35. The zero-order valence-corrected chi connectivity index (χ0v) is 31.7. The van der Waals surface area contributed by atoms with Crippen LogP contribution in [0.4, 0.5) is 17.1 Å². The molecule has 1 heteroatoms. The van der Waals surface area contributed by atoms with Crippen molar-refractivity contribution in [2.24, 2.45) is 0 Å². The monoisotopic (exact) mass is 715 g/mol. The first-order valence-electron chi connectivity index (χ1n) is 19.5. The first-order chi connectivity index (χ1) is 27.5. The van der Waals surface area contributed by atoms with Gasteiger partial charge in [0.15, 0.2) is 0 Å². The van der Waals surface area contributed by atoms with Gasteiger partial charge < -0.3 is 4.90 Å². The Kier molecular flexibility index (Phi) is 8.23. The minimum absolute atomic E-state index is 0.0969. The van der Waals surface area contributed by atoms with E-state index >= 15 is 0 Å². The molecule has 266 valence electrons. The van der Waals surface area contributed by atoms with Crippen LogP contribution >= 0.6 is 0 Å². The predicted octanol–water partition coefficient (Wildman–Crippen LogP) is 15.3. The number of hydrogen-bond acceptors (Lipinski definition) is 1. The molecule has 9 aromatic carbocycles. The number of nitrogens with zero attached hydrogens (tertiary/aromatic N) is 1. The van der Waals surface area contributed by atoms with Crippen molar-refractivity contribution in [3.63, 3.8) is 0 Å². The lowest BCUT2D eigenvalue weighted by molar-refractivity contribution is 0.660. The summed E-state index contributed by atoms with van der Waals surface area (Å²) in [6, 6.07) is 77.6. The summed E-state index contributed by atoms with van der Waals surface area (Å²) in [5.74, 6) is 0. The molecule has 1 nitrogen and oxygen atoms in total. The molecule has 0 bridgehead atoms. The maximum Gasteiger partial charge on any atom is 0.0540 e. The summed E-state index contributed by atoms with van der Waals surface area (Å²) in [5, 5.41) is 2.52. The highest BCUT2D eigenvalue weighted by molar-refractivity contribution is 5.91. The number of fused-ring (bicyclic) bond motifs is 4. The number of hydrogen-bond donors (Lipinski definition) is 0. The average molecular weight is 716 g/mol. The molecule has 0 atom stereocenters. The van der Waals surface area contributed by atoms with Crippen LogP contribution in [0.15, 0.2) is 212 Å². The quantitative estimate of drug-likeness (QED) is 0.159. The topological polar surface area (TPSA) is 3.24 Å². The van der Waals surface area contributed by atoms with Crippen molar-refractivity contribution in [1.82, 2.24) is 0 Å². The van der Waals surface area contributed by atoms with E-state index in [1.54, 1.807) is 0 Å².